The van der Waals surface area contributed by atoms with Crippen molar-refractivity contribution >= 4 is 28.7 Å². The first kappa shape index (κ1) is 26.3. The van der Waals surface area contributed by atoms with Gasteiger partial charge in [0.2, 0.25) is 0 Å². The van der Waals surface area contributed by atoms with Crippen LogP contribution >= 0.6 is 0 Å². The Morgan fingerprint density at radius 1 is 1.11 bits per heavy atom. The minimum atomic E-state index is -0.510. The normalized spacial score (nSPS) is 17.9. The second-order valence-corrected chi connectivity index (χ2v) is 10.8. The number of rotatable bonds is 5. The Kier molecular flexibility index (Phi) is 7.83. The molecule has 2 aliphatic heterocycles. The summed E-state index contributed by atoms with van der Waals surface area (Å²) in [7, 11) is 1.42. The van der Waals surface area contributed by atoms with Gasteiger partial charge in [-0.1, -0.05) is 0 Å². The van der Waals surface area contributed by atoms with E-state index < -0.39 is 5.60 Å². The van der Waals surface area contributed by atoms with Gasteiger partial charge in [-0.3, -0.25) is 0 Å². The first-order valence-electron chi connectivity index (χ1n) is 13.1. The number of methoxy groups -OCH3 is 1. The number of piperidine rings is 1. The molecule has 0 saturated carbocycles. The van der Waals surface area contributed by atoms with Crippen molar-refractivity contribution in [3.05, 3.63) is 29.0 Å². The first-order valence-corrected chi connectivity index (χ1v) is 13.1. The van der Waals surface area contributed by atoms with Crippen LogP contribution in [-0.2, 0) is 14.2 Å². The van der Waals surface area contributed by atoms with Crippen LogP contribution in [0.3, 0.4) is 0 Å². The van der Waals surface area contributed by atoms with Crippen molar-refractivity contribution in [2.45, 2.75) is 77.9 Å². The number of carbonyl (C=O) groups excluding carboxylic acids is 2. The molecule has 2 aliphatic rings. The zero-order valence-corrected chi connectivity index (χ0v) is 22.5. The van der Waals surface area contributed by atoms with Crippen molar-refractivity contribution < 1.29 is 28.2 Å². The fourth-order valence-electron chi connectivity index (χ4n) is 5.45. The molecular weight excluding hydrogens is 460 g/mol. The number of likely N-dealkylation sites (tertiary alicyclic amines) is 1. The summed E-state index contributed by atoms with van der Waals surface area (Å²) in [4.78, 5) is 29.5. The Labute approximate surface area is 213 Å². The third-order valence-electron chi connectivity index (χ3n) is 7.30. The zero-order valence-electron chi connectivity index (χ0n) is 22.5. The number of benzene rings is 1. The van der Waals surface area contributed by atoms with Crippen LogP contribution in [0.5, 0.6) is 0 Å². The minimum absolute atomic E-state index is 0.170. The van der Waals surface area contributed by atoms with Gasteiger partial charge in [-0.25, -0.2) is 9.59 Å². The van der Waals surface area contributed by atoms with Crippen molar-refractivity contribution in [2.24, 2.45) is 0 Å². The van der Waals surface area contributed by atoms with E-state index in [2.05, 4.69) is 17.9 Å². The van der Waals surface area contributed by atoms with Gasteiger partial charge in [0.15, 0.2) is 0 Å². The molecule has 8 nitrogen and oxygen atoms in total. The molecule has 0 aliphatic carbocycles. The first-order chi connectivity index (χ1) is 17.1. The van der Waals surface area contributed by atoms with Crippen molar-refractivity contribution in [3.63, 3.8) is 0 Å². The Morgan fingerprint density at radius 3 is 2.36 bits per heavy atom. The van der Waals surface area contributed by atoms with Gasteiger partial charge in [0.05, 0.1) is 12.7 Å². The van der Waals surface area contributed by atoms with Crippen molar-refractivity contribution in [1.82, 2.24) is 4.90 Å². The Morgan fingerprint density at radius 2 is 1.78 bits per heavy atom. The van der Waals surface area contributed by atoms with Gasteiger partial charge in [0.1, 0.15) is 16.9 Å². The summed E-state index contributed by atoms with van der Waals surface area (Å²) in [5.41, 5.74) is 2.68. The fraction of sp³-hybridized carbons (Fsp3) is 0.643. The number of carbonyl (C=O) groups is 2. The van der Waals surface area contributed by atoms with E-state index in [0.717, 1.165) is 67.8 Å². The number of amides is 1. The minimum Gasteiger partial charge on any atom is -0.465 e. The maximum Gasteiger partial charge on any atom is 0.410 e. The summed E-state index contributed by atoms with van der Waals surface area (Å²) in [6, 6.07) is 4.43. The molecule has 2 saturated heterocycles. The maximum absolute atomic E-state index is 12.9. The second-order valence-electron chi connectivity index (χ2n) is 10.8. The SMILES string of the molecule is CCN(c1cc2oc(C3CCN(C(=O)OC(C)(C)C)CC3)cc2c(C(=O)OC)c1C)C1CCOCC1. The smallest absolute Gasteiger partial charge is 0.410 e. The molecule has 1 aromatic carbocycles. The number of ether oxygens (including phenoxy) is 3. The van der Waals surface area contributed by atoms with Gasteiger partial charge in [0.25, 0.3) is 0 Å². The monoisotopic (exact) mass is 500 g/mol. The number of nitrogens with zero attached hydrogens (tertiary/aromatic N) is 2. The molecule has 0 atom stereocenters. The lowest BCUT2D eigenvalue weighted by Crippen LogP contribution is -2.41. The summed E-state index contributed by atoms with van der Waals surface area (Å²) in [6.45, 7) is 13.3. The number of furan rings is 1. The highest BCUT2D eigenvalue weighted by atomic mass is 16.6. The fourth-order valence-corrected chi connectivity index (χ4v) is 5.45. The van der Waals surface area contributed by atoms with Crippen LogP contribution in [0.1, 0.15) is 81.0 Å². The molecule has 0 spiro atoms. The predicted octanol–water partition coefficient (Wildman–Crippen LogP) is 5.65. The molecule has 2 fully saturated rings. The van der Waals surface area contributed by atoms with E-state index in [1.807, 2.05) is 33.8 Å². The van der Waals surface area contributed by atoms with E-state index >= 15 is 0 Å². The van der Waals surface area contributed by atoms with E-state index in [9.17, 15) is 9.59 Å². The topological polar surface area (TPSA) is 81.5 Å². The molecule has 36 heavy (non-hydrogen) atoms. The van der Waals surface area contributed by atoms with Crippen LogP contribution in [0.15, 0.2) is 16.5 Å². The number of hydrogen-bond acceptors (Lipinski definition) is 7. The van der Waals surface area contributed by atoms with Gasteiger partial charge in [-0.05, 0) is 71.9 Å². The Bertz CT molecular complexity index is 1090. The maximum atomic E-state index is 12.9. The van der Waals surface area contributed by atoms with Crippen molar-refractivity contribution in [2.75, 3.05) is 44.9 Å². The summed E-state index contributed by atoms with van der Waals surface area (Å²) in [5.74, 6) is 0.669. The molecule has 0 bridgehead atoms. The lowest BCUT2D eigenvalue weighted by molar-refractivity contribution is 0.0200. The van der Waals surface area contributed by atoms with Crippen LogP contribution in [-0.4, -0.2) is 68.6 Å². The number of hydrogen-bond donors (Lipinski definition) is 0. The van der Waals surface area contributed by atoms with Gasteiger partial charge in [0, 0.05) is 61.9 Å². The van der Waals surface area contributed by atoms with Gasteiger partial charge in [-0.2, -0.15) is 0 Å². The van der Waals surface area contributed by atoms with Gasteiger partial charge in [-0.15, -0.1) is 0 Å². The molecule has 0 radical (unpaired) electrons. The molecule has 1 aromatic heterocycles. The third kappa shape index (κ3) is 5.48. The Balaban J connectivity index is 1.63. The van der Waals surface area contributed by atoms with Crippen LogP contribution < -0.4 is 4.90 Å². The standard InChI is InChI=1S/C28H40N2O6/c1-7-30(20-10-14-34-15-11-20)22-17-24-21(25(18(22)2)26(31)33-6)16-23(35-24)19-8-12-29(13-9-19)27(32)36-28(3,4)5/h16-17,19-20H,7-15H2,1-6H3. The summed E-state index contributed by atoms with van der Waals surface area (Å²) < 4.78 is 22.7. The van der Waals surface area contributed by atoms with E-state index in [4.69, 9.17) is 18.6 Å². The highest BCUT2D eigenvalue weighted by molar-refractivity contribution is 6.07. The molecule has 0 unspecified atom stereocenters. The van der Waals surface area contributed by atoms with Crippen LogP contribution in [0.4, 0.5) is 10.5 Å². The molecule has 3 heterocycles. The van der Waals surface area contributed by atoms with E-state index in [-0.39, 0.29) is 18.0 Å². The molecule has 2 aromatic rings. The molecule has 198 valence electrons. The van der Waals surface area contributed by atoms with Gasteiger partial charge < -0.3 is 28.4 Å². The highest BCUT2D eigenvalue weighted by Gasteiger charge is 2.31. The van der Waals surface area contributed by atoms with Crippen LogP contribution in [0.25, 0.3) is 11.0 Å². The van der Waals surface area contributed by atoms with Crippen molar-refractivity contribution in [3.8, 4) is 0 Å². The summed E-state index contributed by atoms with van der Waals surface area (Å²) in [6.07, 6.45) is 3.20. The molecule has 8 heteroatoms. The average Bonchev–Trinajstić information content (AvgIpc) is 3.27. The predicted molar refractivity (Wildman–Crippen MR) is 139 cm³/mol. The molecule has 0 N–H and O–H groups in total. The molecular formula is C28H40N2O6. The quantitative estimate of drug-likeness (QED) is 0.491. The average molecular weight is 501 g/mol. The van der Waals surface area contributed by atoms with Gasteiger partial charge >= 0.3 is 12.1 Å². The summed E-state index contributed by atoms with van der Waals surface area (Å²) >= 11 is 0. The molecule has 1 amide bonds. The molecule has 4 rings (SSSR count). The highest BCUT2D eigenvalue weighted by Crippen LogP contribution is 2.39. The lowest BCUT2D eigenvalue weighted by atomic mass is 9.93. The van der Waals surface area contributed by atoms with Crippen LogP contribution in [0, 0.1) is 6.92 Å². The number of fused-ring (bicyclic) bond motifs is 1. The third-order valence-corrected chi connectivity index (χ3v) is 7.30. The van der Waals surface area contributed by atoms with E-state index in [0.29, 0.717) is 30.3 Å². The lowest BCUT2D eigenvalue weighted by Gasteiger charge is -2.36. The Hall–Kier alpha value is -2.74. The zero-order chi connectivity index (χ0) is 26.0. The van der Waals surface area contributed by atoms with Crippen molar-refractivity contribution in [1.29, 1.82) is 0 Å². The van der Waals surface area contributed by atoms with E-state index in [1.54, 1.807) is 4.90 Å². The van der Waals surface area contributed by atoms with E-state index in [1.165, 1.54) is 7.11 Å². The summed E-state index contributed by atoms with van der Waals surface area (Å²) in [5, 5.41) is 0.788. The number of anilines is 1. The number of esters is 1. The largest absolute Gasteiger partial charge is 0.465 e. The second kappa shape index (κ2) is 10.7. The van der Waals surface area contributed by atoms with Crippen LogP contribution in [0.2, 0.25) is 0 Å².